The number of carbonyl (C=O) groups excluding carboxylic acids is 2. The highest BCUT2D eigenvalue weighted by atomic mass is 16.5. The SMILES string of the molecule is CCCCCCCCC/C=C\CCCCCC(=O)OC(CCCCCCCCCCCCCCCCCC)CC(=O)NC(CO)C(O)CCCCCCCCCCCCCC. The first-order valence-corrected chi connectivity index (χ1v) is 27.4. The zero-order valence-electron chi connectivity index (χ0n) is 41.3. The van der Waals surface area contributed by atoms with Crippen molar-refractivity contribution >= 4 is 11.9 Å². The van der Waals surface area contributed by atoms with Crippen LogP contribution < -0.4 is 5.32 Å². The maximum atomic E-state index is 13.2. The Morgan fingerprint density at radius 2 is 0.787 bits per heavy atom. The fourth-order valence-corrected chi connectivity index (χ4v) is 8.66. The summed E-state index contributed by atoms with van der Waals surface area (Å²) >= 11 is 0. The zero-order valence-corrected chi connectivity index (χ0v) is 41.3. The van der Waals surface area contributed by atoms with Gasteiger partial charge < -0.3 is 20.3 Å². The highest BCUT2D eigenvalue weighted by Gasteiger charge is 2.24. The van der Waals surface area contributed by atoms with Gasteiger partial charge in [-0.05, 0) is 51.4 Å². The minimum atomic E-state index is -0.784. The standard InChI is InChI=1S/C55H107NO5/c1-4-7-10-13-16-19-22-25-27-28-29-31-34-37-40-43-46-51(61-55(60)48-45-42-39-36-33-30-26-23-20-17-14-11-8-5-2)49-54(59)56-52(50-57)53(58)47-44-41-38-35-32-24-21-18-15-12-9-6-3/h30,33,51-53,57-58H,4-29,31-32,34-50H2,1-3H3,(H,56,59)/b33-30-. The van der Waals surface area contributed by atoms with E-state index in [-0.39, 0.29) is 24.9 Å². The van der Waals surface area contributed by atoms with Gasteiger partial charge in [-0.1, -0.05) is 251 Å². The van der Waals surface area contributed by atoms with Crippen molar-refractivity contribution in [2.45, 2.75) is 322 Å². The van der Waals surface area contributed by atoms with E-state index in [0.29, 0.717) is 19.3 Å². The number of rotatable bonds is 50. The van der Waals surface area contributed by atoms with Crippen molar-refractivity contribution in [2.24, 2.45) is 0 Å². The molecule has 3 unspecified atom stereocenters. The van der Waals surface area contributed by atoms with Gasteiger partial charge in [0.1, 0.15) is 6.10 Å². The highest BCUT2D eigenvalue weighted by molar-refractivity contribution is 5.77. The molecule has 6 nitrogen and oxygen atoms in total. The monoisotopic (exact) mass is 862 g/mol. The lowest BCUT2D eigenvalue weighted by Crippen LogP contribution is -2.46. The number of aliphatic hydroxyl groups excluding tert-OH is 2. The van der Waals surface area contributed by atoms with E-state index in [1.807, 2.05) is 0 Å². The zero-order chi connectivity index (χ0) is 44.5. The quantitative estimate of drug-likeness (QED) is 0.0322. The molecule has 0 aliphatic rings. The summed E-state index contributed by atoms with van der Waals surface area (Å²) in [6.07, 6.45) is 55.6. The third kappa shape index (κ3) is 45.0. The van der Waals surface area contributed by atoms with Gasteiger partial charge in [0.05, 0.1) is 25.2 Å². The molecular formula is C55H107NO5. The second-order valence-electron chi connectivity index (χ2n) is 19.0. The van der Waals surface area contributed by atoms with E-state index in [9.17, 15) is 19.8 Å². The number of hydrogen-bond acceptors (Lipinski definition) is 5. The molecule has 0 spiro atoms. The Labute approximate surface area is 380 Å². The fourth-order valence-electron chi connectivity index (χ4n) is 8.66. The predicted octanol–water partition coefficient (Wildman–Crippen LogP) is 16.5. The second kappa shape index (κ2) is 49.6. The average Bonchev–Trinajstić information content (AvgIpc) is 3.25. The van der Waals surface area contributed by atoms with Gasteiger partial charge in [-0.25, -0.2) is 0 Å². The van der Waals surface area contributed by atoms with Crippen LogP contribution in [0.4, 0.5) is 0 Å². The van der Waals surface area contributed by atoms with E-state index in [4.69, 9.17) is 4.74 Å². The summed E-state index contributed by atoms with van der Waals surface area (Å²) < 4.78 is 5.94. The summed E-state index contributed by atoms with van der Waals surface area (Å²) in [7, 11) is 0. The van der Waals surface area contributed by atoms with Crippen molar-refractivity contribution in [3.05, 3.63) is 12.2 Å². The van der Waals surface area contributed by atoms with Gasteiger partial charge in [0.25, 0.3) is 0 Å². The molecule has 0 aliphatic carbocycles. The first-order valence-electron chi connectivity index (χ1n) is 27.4. The molecule has 3 N–H and O–H groups in total. The Kier molecular flexibility index (Phi) is 48.5. The van der Waals surface area contributed by atoms with E-state index >= 15 is 0 Å². The van der Waals surface area contributed by atoms with E-state index in [1.165, 1.54) is 205 Å². The van der Waals surface area contributed by atoms with Crippen LogP contribution in [-0.2, 0) is 14.3 Å². The topological polar surface area (TPSA) is 95.9 Å². The van der Waals surface area contributed by atoms with Gasteiger partial charge >= 0.3 is 5.97 Å². The molecule has 0 saturated heterocycles. The van der Waals surface area contributed by atoms with Crippen molar-refractivity contribution in [2.75, 3.05) is 6.61 Å². The highest BCUT2D eigenvalue weighted by Crippen LogP contribution is 2.19. The van der Waals surface area contributed by atoms with Gasteiger partial charge in [0.15, 0.2) is 0 Å². The Morgan fingerprint density at radius 3 is 1.16 bits per heavy atom. The van der Waals surface area contributed by atoms with Crippen LogP contribution in [0.15, 0.2) is 12.2 Å². The first-order chi connectivity index (χ1) is 30.0. The minimum absolute atomic E-state index is 0.0792. The third-order valence-corrected chi connectivity index (χ3v) is 12.8. The normalized spacial score (nSPS) is 13.2. The largest absolute Gasteiger partial charge is 0.462 e. The van der Waals surface area contributed by atoms with Crippen LogP contribution in [0.3, 0.4) is 0 Å². The number of allylic oxidation sites excluding steroid dienone is 2. The lowest BCUT2D eigenvalue weighted by molar-refractivity contribution is -0.151. The van der Waals surface area contributed by atoms with E-state index in [1.54, 1.807) is 0 Å². The van der Waals surface area contributed by atoms with Gasteiger partial charge in [0, 0.05) is 6.42 Å². The van der Waals surface area contributed by atoms with Crippen LogP contribution in [0.25, 0.3) is 0 Å². The molecule has 0 heterocycles. The summed E-state index contributed by atoms with van der Waals surface area (Å²) in [6, 6.07) is -0.697. The molecular weight excluding hydrogens is 755 g/mol. The number of esters is 1. The maximum absolute atomic E-state index is 13.2. The Hall–Kier alpha value is -1.40. The number of amides is 1. The minimum Gasteiger partial charge on any atom is -0.462 e. The smallest absolute Gasteiger partial charge is 0.306 e. The van der Waals surface area contributed by atoms with E-state index in [0.717, 1.165) is 51.4 Å². The van der Waals surface area contributed by atoms with Gasteiger partial charge in [0.2, 0.25) is 5.91 Å². The molecule has 0 fully saturated rings. The number of carbonyl (C=O) groups is 2. The van der Waals surface area contributed by atoms with Crippen LogP contribution in [0, 0.1) is 0 Å². The number of hydrogen-bond donors (Lipinski definition) is 3. The molecule has 6 heteroatoms. The van der Waals surface area contributed by atoms with Crippen molar-refractivity contribution < 1.29 is 24.5 Å². The molecule has 0 aromatic carbocycles. The molecule has 0 aromatic heterocycles. The van der Waals surface area contributed by atoms with Gasteiger partial charge in [-0.2, -0.15) is 0 Å². The molecule has 0 aromatic rings. The first kappa shape index (κ1) is 59.6. The fraction of sp³-hybridized carbons (Fsp3) is 0.927. The lowest BCUT2D eigenvalue weighted by atomic mass is 10.0. The second-order valence-corrected chi connectivity index (χ2v) is 19.0. The molecule has 61 heavy (non-hydrogen) atoms. The average molecular weight is 862 g/mol. The van der Waals surface area contributed by atoms with Crippen molar-refractivity contribution in [3.63, 3.8) is 0 Å². The number of unbranched alkanes of at least 4 members (excludes halogenated alkanes) is 36. The maximum Gasteiger partial charge on any atom is 0.306 e. The van der Waals surface area contributed by atoms with E-state index < -0.39 is 18.2 Å². The van der Waals surface area contributed by atoms with E-state index in [2.05, 4.69) is 38.2 Å². The van der Waals surface area contributed by atoms with Crippen molar-refractivity contribution in [3.8, 4) is 0 Å². The summed E-state index contributed by atoms with van der Waals surface area (Å²) in [4.78, 5) is 26.2. The predicted molar refractivity (Wildman–Crippen MR) is 264 cm³/mol. The summed E-state index contributed by atoms with van der Waals surface area (Å²) in [5.74, 6) is -0.472. The van der Waals surface area contributed by atoms with Crippen LogP contribution in [-0.4, -0.2) is 46.9 Å². The number of nitrogens with one attached hydrogen (secondary N) is 1. The summed E-state index contributed by atoms with van der Waals surface area (Å²) in [5.41, 5.74) is 0. The van der Waals surface area contributed by atoms with Crippen LogP contribution in [0.1, 0.15) is 303 Å². The van der Waals surface area contributed by atoms with Gasteiger partial charge in [-0.15, -0.1) is 0 Å². The van der Waals surface area contributed by atoms with Crippen molar-refractivity contribution in [1.29, 1.82) is 0 Å². The summed E-state index contributed by atoms with van der Waals surface area (Å²) in [6.45, 7) is 6.51. The molecule has 0 saturated carbocycles. The molecule has 362 valence electrons. The number of aliphatic hydroxyl groups is 2. The third-order valence-electron chi connectivity index (χ3n) is 12.8. The lowest BCUT2D eigenvalue weighted by Gasteiger charge is -2.24. The molecule has 0 rings (SSSR count). The van der Waals surface area contributed by atoms with Crippen molar-refractivity contribution in [1.82, 2.24) is 5.32 Å². The van der Waals surface area contributed by atoms with Crippen LogP contribution in [0.2, 0.25) is 0 Å². The van der Waals surface area contributed by atoms with Crippen LogP contribution >= 0.6 is 0 Å². The molecule has 1 amide bonds. The van der Waals surface area contributed by atoms with Gasteiger partial charge in [-0.3, -0.25) is 9.59 Å². The Bertz CT molecular complexity index is 924. The Morgan fingerprint density at radius 1 is 0.459 bits per heavy atom. The van der Waals surface area contributed by atoms with Crippen LogP contribution in [0.5, 0.6) is 0 Å². The number of ether oxygens (including phenoxy) is 1. The molecule has 3 atom stereocenters. The summed E-state index contributed by atoms with van der Waals surface area (Å²) in [5, 5.41) is 23.8. The Balaban J connectivity index is 4.55. The molecule has 0 radical (unpaired) electrons. The molecule has 0 bridgehead atoms. The molecule has 0 aliphatic heterocycles.